The smallest absolute Gasteiger partial charge is 0.326 e. The molecule has 0 aromatic carbocycles. The van der Waals surface area contributed by atoms with E-state index >= 15 is 0 Å². The number of carbonyl (C=O) groups is 4. The number of ether oxygens (including phenoxy) is 1. The second-order valence-corrected chi connectivity index (χ2v) is 10.2. The fourth-order valence-electron chi connectivity index (χ4n) is 4.70. The van der Waals surface area contributed by atoms with Crippen molar-refractivity contribution in [3.05, 3.63) is 0 Å². The molecule has 1 N–H and O–H groups in total. The van der Waals surface area contributed by atoms with Gasteiger partial charge in [0, 0.05) is 12.1 Å². The van der Waals surface area contributed by atoms with Gasteiger partial charge in [-0.25, -0.2) is 4.79 Å². The predicted molar refractivity (Wildman–Crippen MR) is 112 cm³/mol. The van der Waals surface area contributed by atoms with Gasteiger partial charge in [0.15, 0.2) is 6.61 Å². The van der Waals surface area contributed by atoms with Crippen molar-refractivity contribution in [2.24, 2.45) is 11.3 Å². The normalized spacial score (nSPS) is 24.6. The van der Waals surface area contributed by atoms with Gasteiger partial charge in [0.2, 0.25) is 0 Å². The third-order valence-corrected chi connectivity index (χ3v) is 6.35. The summed E-state index contributed by atoms with van der Waals surface area (Å²) in [5.74, 6) is -0.945. The number of rotatable bonds is 6. The zero-order valence-electron chi connectivity index (χ0n) is 19.4. The summed E-state index contributed by atoms with van der Waals surface area (Å²) in [5.41, 5.74) is -0.760. The van der Waals surface area contributed by atoms with Crippen LogP contribution in [0.4, 0.5) is 4.79 Å². The summed E-state index contributed by atoms with van der Waals surface area (Å²) >= 11 is 0. The van der Waals surface area contributed by atoms with Crippen molar-refractivity contribution in [3.63, 3.8) is 0 Å². The summed E-state index contributed by atoms with van der Waals surface area (Å²) < 4.78 is 5.08. The number of nitrogens with one attached hydrogen (secondary N) is 1. The minimum Gasteiger partial charge on any atom is -0.454 e. The number of nitrogens with zero attached hydrogens (tertiary/aromatic N) is 2. The van der Waals surface area contributed by atoms with Gasteiger partial charge in [-0.2, -0.15) is 0 Å². The maximum absolute atomic E-state index is 13.0. The van der Waals surface area contributed by atoms with Gasteiger partial charge in [-0.3, -0.25) is 19.3 Å². The summed E-state index contributed by atoms with van der Waals surface area (Å²) in [6.07, 6.45) is 2.84. The first-order valence-electron chi connectivity index (χ1n) is 10.9. The van der Waals surface area contributed by atoms with Gasteiger partial charge >= 0.3 is 12.0 Å². The van der Waals surface area contributed by atoms with Crippen molar-refractivity contribution < 1.29 is 23.9 Å². The van der Waals surface area contributed by atoms with Crippen LogP contribution in [0.3, 0.4) is 0 Å². The highest BCUT2D eigenvalue weighted by Crippen LogP contribution is 2.43. The summed E-state index contributed by atoms with van der Waals surface area (Å²) in [7, 11) is 0. The molecule has 0 aromatic heterocycles. The van der Waals surface area contributed by atoms with Gasteiger partial charge in [0.1, 0.15) is 12.1 Å². The van der Waals surface area contributed by atoms with Crippen LogP contribution in [0, 0.1) is 11.3 Å². The lowest BCUT2D eigenvalue weighted by Gasteiger charge is -2.40. The average Bonchev–Trinajstić information content (AvgIpc) is 2.83. The molecule has 30 heavy (non-hydrogen) atoms. The molecule has 1 spiro atoms. The van der Waals surface area contributed by atoms with E-state index in [-0.39, 0.29) is 29.3 Å². The number of esters is 1. The van der Waals surface area contributed by atoms with Crippen LogP contribution in [0.1, 0.15) is 74.1 Å². The first kappa shape index (κ1) is 24.2. The molecule has 170 valence electrons. The van der Waals surface area contributed by atoms with E-state index in [1.165, 1.54) is 0 Å². The number of hydrogen-bond donors (Lipinski definition) is 1. The molecule has 2 aliphatic rings. The van der Waals surface area contributed by atoms with Crippen LogP contribution < -0.4 is 5.32 Å². The number of imide groups is 1. The van der Waals surface area contributed by atoms with Crippen LogP contribution in [-0.4, -0.2) is 64.4 Å². The van der Waals surface area contributed by atoms with Crippen molar-refractivity contribution in [3.8, 4) is 0 Å². The van der Waals surface area contributed by atoms with Crippen LogP contribution >= 0.6 is 0 Å². The van der Waals surface area contributed by atoms with Crippen LogP contribution in [0.5, 0.6) is 0 Å². The topological polar surface area (TPSA) is 96.0 Å². The van der Waals surface area contributed by atoms with E-state index in [0.29, 0.717) is 18.8 Å². The Morgan fingerprint density at radius 2 is 1.67 bits per heavy atom. The van der Waals surface area contributed by atoms with E-state index in [2.05, 4.69) is 26.1 Å². The van der Waals surface area contributed by atoms with Crippen LogP contribution in [0.15, 0.2) is 0 Å². The maximum Gasteiger partial charge on any atom is 0.326 e. The molecule has 8 heteroatoms. The third-order valence-electron chi connectivity index (χ3n) is 6.35. The number of carbonyl (C=O) groups excluding carboxylic acids is 4. The second-order valence-electron chi connectivity index (χ2n) is 10.2. The SMILES string of the molecule is CC(C)N(C(=O)COC(=O)CN1C(=O)NC2(CCC(C(C)(C)C)CC2)C1=O)C(C)C. The summed E-state index contributed by atoms with van der Waals surface area (Å²) in [5, 5.41) is 2.81. The molecule has 0 atom stereocenters. The Morgan fingerprint density at radius 1 is 1.13 bits per heavy atom. The van der Waals surface area contributed by atoms with Crippen molar-refractivity contribution in [1.82, 2.24) is 15.1 Å². The zero-order valence-corrected chi connectivity index (χ0v) is 19.4. The molecule has 4 amide bonds. The largest absolute Gasteiger partial charge is 0.454 e. The van der Waals surface area contributed by atoms with Gasteiger partial charge in [0.25, 0.3) is 11.8 Å². The molecule has 1 saturated carbocycles. The molecule has 0 aromatic rings. The van der Waals surface area contributed by atoms with Gasteiger partial charge < -0.3 is 15.0 Å². The number of hydrogen-bond acceptors (Lipinski definition) is 5. The van der Waals surface area contributed by atoms with E-state index in [1.54, 1.807) is 4.90 Å². The molecule has 2 rings (SSSR count). The lowest BCUT2D eigenvalue weighted by Crippen LogP contribution is -2.50. The molecule has 1 aliphatic heterocycles. The molecule has 1 heterocycles. The minimum absolute atomic E-state index is 0.0229. The monoisotopic (exact) mass is 423 g/mol. The molecule has 2 fully saturated rings. The van der Waals surface area contributed by atoms with Gasteiger partial charge in [-0.05, 0) is 64.7 Å². The third kappa shape index (κ3) is 5.13. The summed E-state index contributed by atoms with van der Waals surface area (Å²) in [6, 6.07) is -0.612. The van der Waals surface area contributed by atoms with Gasteiger partial charge in [-0.1, -0.05) is 20.8 Å². The number of amides is 4. The van der Waals surface area contributed by atoms with E-state index < -0.39 is 30.7 Å². The Labute approximate surface area is 179 Å². The zero-order chi connectivity index (χ0) is 22.9. The van der Waals surface area contributed by atoms with Crippen molar-refractivity contribution in [2.75, 3.05) is 13.2 Å². The van der Waals surface area contributed by atoms with Crippen molar-refractivity contribution in [2.45, 2.75) is 91.8 Å². The lowest BCUT2D eigenvalue weighted by atomic mass is 9.67. The number of urea groups is 1. The first-order chi connectivity index (χ1) is 13.8. The highest BCUT2D eigenvalue weighted by Gasteiger charge is 2.53. The Bertz CT molecular complexity index is 679. The van der Waals surface area contributed by atoms with Crippen LogP contribution in [0.25, 0.3) is 0 Å². The summed E-state index contributed by atoms with van der Waals surface area (Å²) in [6.45, 7) is 13.2. The van der Waals surface area contributed by atoms with E-state index in [4.69, 9.17) is 4.74 Å². The molecular weight excluding hydrogens is 386 g/mol. The molecule has 8 nitrogen and oxygen atoms in total. The highest BCUT2D eigenvalue weighted by molar-refractivity contribution is 6.08. The average molecular weight is 424 g/mol. The molecule has 0 bridgehead atoms. The predicted octanol–water partition coefficient (Wildman–Crippen LogP) is 2.70. The van der Waals surface area contributed by atoms with Gasteiger partial charge in [-0.15, -0.1) is 0 Å². The molecule has 1 aliphatic carbocycles. The van der Waals surface area contributed by atoms with E-state index in [9.17, 15) is 19.2 Å². The quantitative estimate of drug-likeness (QED) is 0.523. The fourth-order valence-corrected chi connectivity index (χ4v) is 4.70. The summed E-state index contributed by atoms with van der Waals surface area (Å²) in [4.78, 5) is 52.5. The van der Waals surface area contributed by atoms with Crippen molar-refractivity contribution in [1.29, 1.82) is 0 Å². The second kappa shape index (κ2) is 8.94. The standard InChI is InChI=1S/C22H37N3O5/c1-14(2)25(15(3)4)17(26)13-30-18(27)12-24-19(28)22(23-20(24)29)10-8-16(9-11-22)21(5,6)7/h14-16H,8-13H2,1-7H3,(H,23,29). The first-order valence-corrected chi connectivity index (χ1v) is 10.9. The van der Waals surface area contributed by atoms with Crippen molar-refractivity contribution >= 4 is 23.8 Å². The lowest BCUT2D eigenvalue weighted by molar-refractivity contribution is -0.155. The Morgan fingerprint density at radius 3 is 2.13 bits per heavy atom. The molecular formula is C22H37N3O5. The van der Waals surface area contributed by atoms with Crippen LogP contribution in [0.2, 0.25) is 0 Å². The Balaban J connectivity index is 1.93. The van der Waals surface area contributed by atoms with Crippen LogP contribution in [-0.2, 0) is 19.1 Å². The van der Waals surface area contributed by atoms with E-state index in [1.807, 2.05) is 27.7 Å². The minimum atomic E-state index is -0.916. The maximum atomic E-state index is 13.0. The fraction of sp³-hybridized carbons (Fsp3) is 0.818. The Hall–Kier alpha value is -2.12. The molecule has 0 unspecified atom stereocenters. The highest BCUT2D eigenvalue weighted by atomic mass is 16.5. The molecule has 1 saturated heterocycles. The molecule has 0 radical (unpaired) electrons. The van der Waals surface area contributed by atoms with Gasteiger partial charge in [0.05, 0.1) is 0 Å². The Kier molecular flexibility index (Phi) is 7.20. The van der Waals surface area contributed by atoms with E-state index in [0.717, 1.165) is 17.7 Å².